The Labute approximate surface area is 205 Å². The van der Waals surface area contributed by atoms with Crippen LogP contribution in [-0.4, -0.2) is 103 Å². The molecule has 9 nitrogen and oxygen atoms in total. The van der Waals surface area contributed by atoms with Gasteiger partial charge in [-0.05, 0) is 37.0 Å². The first-order chi connectivity index (χ1) is 16.6. The van der Waals surface area contributed by atoms with Crippen molar-refractivity contribution in [3.63, 3.8) is 0 Å². The number of amidine groups is 2. The average Bonchev–Trinajstić information content (AvgIpc) is 3.32. The molecule has 34 heavy (non-hydrogen) atoms. The first kappa shape index (κ1) is 23.5. The Balaban J connectivity index is 1.26. The number of likely N-dealkylation sites (tertiary alicyclic amines) is 1. The van der Waals surface area contributed by atoms with Crippen molar-refractivity contribution in [2.45, 2.75) is 43.9 Å². The molecule has 2 N–H and O–H groups in total. The quantitative estimate of drug-likeness (QED) is 0.687. The summed E-state index contributed by atoms with van der Waals surface area (Å²) in [5, 5.41) is 8.98. The Hall–Kier alpha value is -2.20. The van der Waals surface area contributed by atoms with E-state index in [1.54, 1.807) is 0 Å². The van der Waals surface area contributed by atoms with Crippen LogP contribution in [0.15, 0.2) is 34.5 Å². The normalized spacial score (nSPS) is 27.0. The van der Waals surface area contributed by atoms with Gasteiger partial charge in [0.05, 0.1) is 26.2 Å². The molecule has 4 aliphatic heterocycles. The number of morpholine rings is 2. The SMILES string of the molecule is NC1=NN=C(N2CCC(N3C[C@H](C(=O)N4CCOCC4)OC[C@@H]3Cc3ccc(Cl)cc3)CC2)C1. The van der Waals surface area contributed by atoms with Crippen molar-refractivity contribution in [3.05, 3.63) is 34.9 Å². The molecule has 5 rings (SSSR count). The smallest absolute Gasteiger partial charge is 0.253 e. The van der Waals surface area contributed by atoms with Crippen LogP contribution in [0.3, 0.4) is 0 Å². The first-order valence-corrected chi connectivity index (χ1v) is 12.6. The van der Waals surface area contributed by atoms with Gasteiger partial charge in [0.1, 0.15) is 17.8 Å². The van der Waals surface area contributed by atoms with Crippen LogP contribution in [0, 0.1) is 0 Å². The summed E-state index contributed by atoms with van der Waals surface area (Å²) in [7, 11) is 0. The minimum Gasteiger partial charge on any atom is -0.385 e. The summed E-state index contributed by atoms with van der Waals surface area (Å²) in [5.41, 5.74) is 7.04. The minimum atomic E-state index is -0.426. The number of benzene rings is 1. The predicted molar refractivity (Wildman–Crippen MR) is 131 cm³/mol. The topological polar surface area (TPSA) is 96.0 Å². The molecule has 1 aromatic rings. The van der Waals surface area contributed by atoms with E-state index in [0.717, 1.165) is 43.2 Å². The maximum Gasteiger partial charge on any atom is 0.253 e. The van der Waals surface area contributed by atoms with E-state index < -0.39 is 6.10 Å². The predicted octanol–water partition coefficient (Wildman–Crippen LogP) is 1.35. The van der Waals surface area contributed by atoms with E-state index >= 15 is 0 Å². The third-order valence-corrected chi connectivity index (χ3v) is 7.50. The van der Waals surface area contributed by atoms with Crippen LogP contribution in [0.4, 0.5) is 0 Å². The van der Waals surface area contributed by atoms with Gasteiger partial charge in [-0.25, -0.2) is 0 Å². The number of hydrogen-bond donors (Lipinski definition) is 1. The number of hydrogen-bond acceptors (Lipinski definition) is 8. The van der Waals surface area contributed by atoms with Gasteiger partial charge in [-0.2, -0.15) is 0 Å². The van der Waals surface area contributed by atoms with Gasteiger partial charge in [0.25, 0.3) is 5.91 Å². The maximum absolute atomic E-state index is 13.2. The summed E-state index contributed by atoms with van der Waals surface area (Å²) >= 11 is 6.09. The number of rotatable bonds is 4. The summed E-state index contributed by atoms with van der Waals surface area (Å²) in [5.74, 6) is 1.64. The maximum atomic E-state index is 13.2. The van der Waals surface area contributed by atoms with E-state index in [1.165, 1.54) is 5.56 Å². The minimum absolute atomic E-state index is 0.0867. The summed E-state index contributed by atoms with van der Waals surface area (Å²) < 4.78 is 11.6. The van der Waals surface area contributed by atoms with Gasteiger partial charge < -0.3 is 25.0 Å². The summed E-state index contributed by atoms with van der Waals surface area (Å²) in [6.45, 7) is 5.46. The molecule has 0 aromatic heterocycles. The van der Waals surface area contributed by atoms with Crippen molar-refractivity contribution in [3.8, 4) is 0 Å². The molecular formula is C24H33ClN6O3. The molecule has 0 bridgehead atoms. The largest absolute Gasteiger partial charge is 0.385 e. The van der Waals surface area contributed by atoms with Gasteiger partial charge in [-0.15, -0.1) is 10.2 Å². The second kappa shape index (κ2) is 10.6. The monoisotopic (exact) mass is 488 g/mol. The molecule has 3 saturated heterocycles. The van der Waals surface area contributed by atoms with Crippen LogP contribution < -0.4 is 5.73 Å². The highest BCUT2D eigenvalue weighted by atomic mass is 35.5. The first-order valence-electron chi connectivity index (χ1n) is 12.2. The molecule has 0 saturated carbocycles. The molecule has 0 radical (unpaired) electrons. The second-order valence-electron chi connectivity index (χ2n) is 9.44. The van der Waals surface area contributed by atoms with Crippen LogP contribution >= 0.6 is 11.6 Å². The number of nitrogens with two attached hydrogens (primary N) is 1. The third-order valence-electron chi connectivity index (χ3n) is 7.25. The Morgan fingerprint density at radius 2 is 1.82 bits per heavy atom. The second-order valence-corrected chi connectivity index (χ2v) is 9.88. The van der Waals surface area contributed by atoms with Crippen molar-refractivity contribution in [1.82, 2.24) is 14.7 Å². The number of halogens is 1. The van der Waals surface area contributed by atoms with Crippen LogP contribution in [0.2, 0.25) is 5.02 Å². The zero-order chi connectivity index (χ0) is 23.5. The number of carbonyl (C=O) groups is 1. The lowest BCUT2D eigenvalue weighted by Crippen LogP contribution is -2.61. The average molecular weight is 489 g/mol. The van der Waals surface area contributed by atoms with Crippen LogP contribution in [0.25, 0.3) is 0 Å². The summed E-state index contributed by atoms with van der Waals surface area (Å²) in [4.78, 5) is 19.9. The third kappa shape index (κ3) is 5.38. The fourth-order valence-electron chi connectivity index (χ4n) is 5.35. The molecule has 184 valence electrons. The van der Waals surface area contributed by atoms with Crippen molar-refractivity contribution in [1.29, 1.82) is 0 Å². The van der Waals surface area contributed by atoms with Crippen molar-refractivity contribution in [2.24, 2.45) is 15.9 Å². The number of piperidine rings is 1. The molecule has 4 heterocycles. The molecule has 0 spiro atoms. The highest BCUT2D eigenvalue weighted by Crippen LogP contribution is 2.27. The van der Waals surface area contributed by atoms with E-state index in [-0.39, 0.29) is 11.9 Å². The van der Waals surface area contributed by atoms with Gasteiger partial charge in [0.2, 0.25) is 0 Å². The zero-order valence-corrected chi connectivity index (χ0v) is 20.2. The molecule has 0 aliphatic carbocycles. The molecule has 3 fully saturated rings. The molecular weight excluding hydrogens is 456 g/mol. The molecule has 1 amide bonds. The summed E-state index contributed by atoms with van der Waals surface area (Å²) in [6, 6.07) is 8.63. The summed E-state index contributed by atoms with van der Waals surface area (Å²) in [6.07, 6.45) is 3.10. The lowest BCUT2D eigenvalue weighted by atomic mass is 9.95. The Morgan fingerprint density at radius 3 is 2.50 bits per heavy atom. The number of ether oxygens (including phenoxy) is 2. The van der Waals surface area contributed by atoms with Crippen LogP contribution in [-0.2, 0) is 20.7 Å². The lowest BCUT2D eigenvalue weighted by molar-refractivity contribution is -0.159. The fraction of sp³-hybridized carbons (Fsp3) is 0.625. The van der Waals surface area contributed by atoms with Crippen LogP contribution in [0.1, 0.15) is 24.8 Å². The highest BCUT2D eigenvalue weighted by Gasteiger charge is 2.39. The fourth-order valence-corrected chi connectivity index (χ4v) is 5.48. The standard InChI is InChI=1S/C24H33ClN6O3/c25-18-3-1-17(2-4-18)13-20-16-34-21(24(32)30-9-11-33-12-10-30)15-31(20)19-5-7-29(8-6-19)23-14-22(26)27-28-23/h1-4,19-21H,5-16H2,(H2,26,27)/t20-,21+/m0/s1. The van der Waals surface area contributed by atoms with Gasteiger partial charge in [0, 0.05) is 49.8 Å². The van der Waals surface area contributed by atoms with Gasteiger partial charge >= 0.3 is 0 Å². The zero-order valence-electron chi connectivity index (χ0n) is 19.4. The van der Waals surface area contributed by atoms with E-state index in [1.807, 2.05) is 17.0 Å². The van der Waals surface area contributed by atoms with Crippen LogP contribution in [0.5, 0.6) is 0 Å². The number of nitrogens with zero attached hydrogens (tertiary/aromatic N) is 5. The molecule has 0 unspecified atom stereocenters. The Morgan fingerprint density at radius 1 is 1.09 bits per heavy atom. The van der Waals surface area contributed by atoms with Gasteiger partial charge in [-0.1, -0.05) is 23.7 Å². The van der Waals surface area contributed by atoms with Crippen molar-refractivity contribution in [2.75, 3.05) is 52.5 Å². The molecule has 4 aliphatic rings. The lowest BCUT2D eigenvalue weighted by Gasteiger charge is -2.47. The van der Waals surface area contributed by atoms with E-state index in [0.29, 0.717) is 57.8 Å². The number of carbonyl (C=O) groups excluding carboxylic acids is 1. The number of amides is 1. The molecule has 1 aromatic carbocycles. The van der Waals surface area contributed by atoms with Gasteiger partial charge in [-0.3, -0.25) is 9.69 Å². The Bertz CT molecular complexity index is 925. The van der Waals surface area contributed by atoms with E-state index in [2.05, 4.69) is 32.1 Å². The highest BCUT2D eigenvalue weighted by molar-refractivity contribution is 6.30. The Kier molecular flexibility index (Phi) is 7.34. The molecule has 10 heteroatoms. The van der Waals surface area contributed by atoms with E-state index in [4.69, 9.17) is 26.8 Å². The van der Waals surface area contributed by atoms with Crippen molar-refractivity contribution >= 4 is 29.2 Å². The van der Waals surface area contributed by atoms with Crippen molar-refractivity contribution < 1.29 is 14.3 Å². The molecule has 2 atom stereocenters. The van der Waals surface area contributed by atoms with E-state index in [9.17, 15) is 4.79 Å². The van der Waals surface area contributed by atoms with Gasteiger partial charge in [0.15, 0.2) is 0 Å².